The molecule has 1 aliphatic rings. The Morgan fingerprint density at radius 2 is 1.89 bits per heavy atom. The van der Waals surface area contributed by atoms with Gasteiger partial charge in [0.15, 0.2) is 0 Å². The van der Waals surface area contributed by atoms with Crippen molar-refractivity contribution < 1.29 is 9.90 Å². The number of carbonyl (C=O) groups is 1. The predicted molar refractivity (Wildman–Crippen MR) is 78.2 cm³/mol. The Bertz CT molecular complexity index is 496. The van der Waals surface area contributed by atoms with Gasteiger partial charge in [0.25, 0.3) is 5.91 Å². The first-order chi connectivity index (χ1) is 9.05. The number of benzene rings is 1. The van der Waals surface area contributed by atoms with Gasteiger partial charge < -0.3 is 16.2 Å². The average Bonchev–Trinajstić information content (AvgIpc) is 2.40. The number of rotatable bonds is 3. The van der Waals surface area contributed by atoms with E-state index in [9.17, 15) is 9.90 Å². The molecule has 0 saturated heterocycles. The summed E-state index contributed by atoms with van der Waals surface area (Å²) >= 11 is 5.13. The molecule has 1 aromatic rings. The molecule has 19 heavy (non-hydrogen) atoms. The van der Waals surface area contributed by atoms with Crippen LogP contribution in [0.2, 0.25) is 0 Å². The number of hydrogen-bond donors (Lipinski definition) is 3. The fourth-order valence-corrected chi connectivity index (χ4v) is 2.79. The predicted octanol–water partition coefficient (Wildman–Crippen LogP) is 2.11. The van der Waals surface area contributed by atoms with Crippen molar-refractivity contribution in [3.63, 3.8) is 0 Å². The molecular formula is C14H18N2O2S. The van der Waals surface area contributed by atoms with E-state index in [-0.39, 0.29) is 17.2 Å². The van der Waals surface area contributed by atoms with Crippen molar-refractivity contribution in [2.24, 2.45) is 5.73 Å². The molecule has 0 radical (unpaired) electrons. The van der Waals surface area contributed by atoms with Crippen LogP contribution in [-0.2, 0) is 0 Å². The molecule has 1 aliphatic carbocycles. The minimum absolute atomic E-state index is 0.0334. The molecule has 4 N–H and O–H groups in total. The zero-order valence-corrected chi connectivity index (χ0v) is 11.5. The summed E-state index contributed by atoms with van der Waals surface area (Å²) in [5.41, 5.74) is 5.47. The highest BCUT2D eigenvalue weighted by Gasteiger charge is 2.36. The molecule has 0 aliphatic heterocycles. The third kappa shape index (κ3) is 2.87. The van der Waals surface area contributed by atoms with Gasteiger partial charge in [0.1, 0.15) is 5.75 Å². The van der Waals surface area contributed by atoms with Gasteiger partial charge >= 0.3 is 0 Å². The Labute approximate surface area is 118 Å². The molecule has 0 aromatic heterocycles. The molecule has 1 saturated carbocycles. The number of amides is 1. The fourth-order valence-electron chi connectivity index (χ4n) is 2.54. The summed E-state index contributed by atoms with van der Waals surface area (Å²) in [6, 6.07) is 6.46. The smallest absolute Gasteiger partial charge is 0.255 e. The van der Waals surface area contributed by atoms with Gasteiger partial charge in [0.2, 0.25) is 0 Å². The van der Waals surface area contributed by atoms with E-state index in [0.717, 1.165) is 32.1 Å². The van der Waals surface area contributed by atoms with Crippen molar-refractivity contribution in [3.8, 4) is 5.75 Å². The summed E-state index contributed by atoms with van der Waals surface area (Å²) in [6.07, 6.45) is 4.66. The number of thiocarbonyl (C=S) groups is 1. The highest BCUT2D eigenvalue weighted by molar-refractivity contribution is 7.80. The molecule has 1 fully saturated rings. The van der Waals surface area contributed by atoms with Crippen molar-refractivity contribution in [3.05, 3.63) is 29.8 Å². The summed E-state index contributed by atoms with van der Waals surface area (Å²) in [5.74, 6) is -0.360. The third-order valence-electron chi connectivity index (χ3n) is 3.68. The second-order valence-electron chi connectivity index (χ2n) is 4.98. The highest BCUT2D eigenvalue weighted by atomic mass is 32.1. The monoisotopic (exact) mass is 278 g/mol. The van der Waals surface area contributed by atoms with Crippen LogP contribution in [0.25, 0.3) is 0 Å². The Morgan fingerprint density at radius 1 is 1.26 bits per heavy atom. The second-order valence-corrected chi connectivity index (χ2v) is 5.42. The van der Waals surface area contributed by atoms with E-state index in [0.29, 0.717) is 4.99 Å². The van der Waals surface area contributed by atoms with Crippen LogP contribution < -0.4 is 11.1 Å². The topological polar surface area (TPSA) is 75.3 Å². The van der Waals surface area contributed by atoms with Gasteiger partial charge in [-0.25, -0.2) is 0 Å². The quantitative estimate of drug-likeness (QED) is 0.740. The zero-order valence-electron chi connectivity index (χ0n) is 10.7. The van der Waals surface area contributed by atoms with E-state index in [1.54, 1.807) is 18.2 Å². The van der Waals surface area contributed by atoms with E-state index in [1.165, 1.54) is 6.07 Å². The molecule has 0 bridgehead atoms. The van der Waals surface area contributed by atoms with Gasteiger partial charge in [-0.2, -0.15) is 0 Å². The first kappa shape index (κ1) is 13.8. The summed E-state index contributed by atoms with van der Waals surface area (Å²) < 4.78 is 0. The van der Waals surface area contributed by atoms with Crippen molar-refractivity contribution >= 4 is 23.1 Å². The molecule has 0 unspecified atom stereocenters. The van der Waals surface area contributed by atoms with Crippen molar-refractivity contribution in [1.82, 2.24) is 5.32 Å². The lowest BCUT2D eigenvalue weighted by atomic mass is 9.81. The van der Waals surface area contributed by atoms with Gasteiger partial charge in [0.05, 0.1) is 16.1 Å². The Kier molecular flexibility index (Phi) is 4.04. The highest BCUT2D eigenvalue weighted by Crippen LogP contribution is 2.29. The van der Waals surface area contributed by atoms with Gasteiger partial charge in [0, 0.05) is 0 Å². The standard InChI is InChI=1S/C14H18N2O2S/c15-13(19)14(8-4-1-5-9-14)16-12(18)10-6-2-3-7-11(10)17/h2-3,6-7,17H,1,4-5,8-9H2,(H2,15,19)(H,16,18). The lowest BCUT2D eigenvalue weighted by Crippen LogP contribution is -2.57. The van der Waals surface area contributed by atoms with Crippen molar-refractivity contribution in [1.29, 1.82) is 0 Å². The van der Waals surface area contributed by atoms with Crippen LogP contribution in [0, 0.1) is 0 Å². The molecule has 0 atom stereocenters. The van der Waals surface area contributed by atoms with E-state index >= 15 is 0 Å². The lowest BCUT2D eigenvalue weighted by molar-refractivity contribution is 0.0905. The zero-order chi connectivity index (χ0) is 13.9. The molecule has 4 nitrogen and oxygen atoms in total. The van der Waals surface area contributed by atoms with E-state index < -0.39 is 5.54 Å². The SMILES string of the molecule is NC(=S)C1(NC(=O)c2ccccc2O)CCCCC1. The largest absolute Gasteiger partial charge is 0.507 e. The maximum atomic E-state index is 12.3. The van der Waals surface area contributed by atoms with Gasteiger partial charge in [-0.15, -0.1) is 0 Å². The van der Waals surface area contributed by atoms with Crippen LogP contribution in [0.3, 0.4) is 0 Å². The number of aromatic hydroxyl groups is 1. The van der Waals surface area contributed by atoms with Gasteiger partial charge in [-0.05, 0) is 25.0 Å². The molecular weight excluding hydrogens is 260 g/mol. The van der Waals surface area contributed by atoms with Crippen LogP contribution in [0.15, 0.2) is 24.3 Å². The molecule has 1 amide bonds. The van der Waals surface area contributed by atoms with Crippen LogP contribution in [0.4, 0.5) is 0 Å². The Morgan fingerprint density at radius 3 is 2.47 bits per heavy atom. The van der Waals surface area contributed by atoms with Crippen molar-refractivity contribution in [2.45, 2.75) is 37.6 Å². The number of nitrogens with two attached hydrogens (primary N) is 1. The minimum Gasteiger partial charge on any atom is -0.507 e. The summed E-state index contributed by atoms with van der Waals surface area (Å²) in [4.78, 5) is 12.6. The van der Waals surface area contributed by atoms with E-state index in [4.69, 9.17) is 18.0 Å². The lowest BCUT2D eigenvalue weighted by Gasteiger charge is -2.37. The number of phenols is 1. The normalized spacial score (nSPS) is 17.7. The summed E-state index contributed by atoms with van der Waals surface area (Å²) in [7, 11) is 0. The first-order valence-corrected chi connectivity index (χ1v) is 6.86. The maximum absolute atomic E-state index is 12.3. The van der Waals surface area contributed by atoms with Crippen LogP contribution in [0.1, 0.15) is 42.5 Å². The summed E-state index contributed by atoms with van der Waals surface area (Å²) in [6.45, 7) is 0. The maximum Gasteiger partial charge on any atom is 0.255 e. The minimum atomic E-state index is -0.604. The Balaban J connectivity index is 2.20. The molecule has 102 valence electrons. The van der Waals surface area contributed by atoms with Crippen molar-refractivity contribution in [2.75, 3.05) is 0 Å². The molecule has 1 aromatic carbocycles. The molecule has 0 spiro atoms. The van der Waals surface area contributed by atoms with Gasteiger partial charge in [-0.1, -0.05) is 43.6 Å². The van der Waals surface area contributed by atoms with Crippen LogP contribution >= 0.6 is 12.2 Å². The van der Waals surface area contributed by atoms with E-state index in [2.05, 4.69) is 5.32 Å². The average molecular weight is 278 g/mol. The van der Waals surface area contributed by atoms with Crippen LogP contribution in [0.5, 0.6) is 5.75 Å². The van der Waals surface area contributed by atoms with Crippen LogP contribution in [-0.4, -0.2) is 21.5 Å². The molecule has 0 heterocycles. The summed E-state index contributed by atoms with van der Waals surface area (Å²) in [5, 5.41) is 12.6. The fraction of sp³-hybridized carbons (Fsp3) is 0.429. The molecule has 2 rings (SSSR count). The molecule has 5 heteroatoms. The number of carbonyl (C=O) groups excluding carboxylic acids is 1. The first-order valence-electron chi connectivity index (χ1n) is 6.45. The number of phenolic OH excluding ortho intramolecular Hbond substituents is 1. The Hall–Kier alpha value is -1.62. The number of hydrogen-bond acceptors (Lipinski definition) is 3. The third-order valence-corrected chi connectivity index (χ3v) is 4.07. The number of nitrogens with one attached hydrogen (secondary N) is 1. The second kappa shape index (κ2) is 5.57. The number of para-hydroxylation sites is 1. The van der Waals surface area contributed by atoms with Gasteiger partial charge in [-0.3, -0.25) is 4.79 Å². The van der Waals surface area contributed by atoms with E-state index in [1.807, 2.05) is 0 Å².